The average Bonchev–Trinajstić information content (AvgIpc) is 3.24. The molecule has 5 heteroatoms. The van der Waals surface area contributed by atoms with Crippen LogP contribution in [-0.4, -0.2) is 26.1 Å². The molecule has 0 bridgehead atoms. The van der Waals surface area contributed by atoms with Crippen LogP contribution in [0.5, 0.6) is 0 Å². The molecule has 3 aromatic carbocycles. The lowest BCUT2D eigenvalue weighted by atomic mass is 10.0. The van der Waals surface area contributed by atoms with Gasteiger partial charge in [-0.05, 0) is 48.2 Å². The Bertz CT molecular complexity index is 1310. The summed E-state index contributed by atoms with van der Waals surface area (Å²) in [5, 5.41) is 3.32. The van der Waals surface area contributed by atoms with Gasteiger partial charge in [-0.25, -0.2) is 9.97 Å². The normalized spacial score (nSPS) is 11.0. The first-order chi connectivity index (χ1) is 15.3. The first-order valence-electron chi connectivity index (χ1n) is 10.4. The Hall–Kier alpha value is -3.99. The van der Waals surface area contributed by atoms with E-state index in [1.807, 2.05) is 23.0 Å². The van der Waals surface area contributed by atoms with Crippen molar-refractivity contribution in [3.05, 3.63) is 103 Å². The lowest BCUT2D eigenvalue weighted by molar-refractivity contribution is 0.953. The fourth-order valence-corrected chi connectivity index (χ4v) is 3.65. The van der Waals surface area contributed by atoms with E-state index in [1.165, 1.54) is 16.7 Å². The number of anilines is 1. The van der Waals surface area contributed by atoms with E-state index in [2.05, 4.69) is 93.9 Å². The van der Waals surface area contributed by atoms with Crippen molar-refractivity contribution in [2.24, 2.45) is 0 Å². The molecule has 0 aliphatic rings. The van der Waals surface area contributed by atoms with Gasteiger partial charge >= 0.3 is 0 Å². The van der Waals surface area contributed by atoms with Gasteiger partial charge in [-0.1, -0.05) is 66.2 Å². The lowest BCUT2D eigenvalue weighted by Gasteiger charge is -2.08. The molecule has 0 fully saturated rings. The Morgan fingerprint density at radius 3 is 2.48 bits per heavy atom. The minimum absolute atomic E-state index is 0.617. The Kier molecular flexibility index (Phi) is 5.15. The summed E-state index contributed by atoms with van der Waals surface area (Å²) in [5.41, 5.74) is 6.85. The van der Waals surface area contributed by atoms with Crippen molar-refractivity contribution >= 4 is 17.0 Å². The summed E-state index contributed by atoms with van der Waals surface area (Å²) in [4.78, 5) is 13.7. The summed E-state index contributed by atoms with van der Waals surface area (Å²) < 4.78 is 2.00. The molecule has 0 atom stereocenters. The van der Waals surface area contributed by atoms with Crippen molar-refractivity contribution < 1.29 is 0 Å². The van der Waals surface area contributed by atoms with E-state index < -0.39 is 0 Å². The first kappa shape index (κ1) is 19.0. The molecule has 5 rings (SSSR count). The van der Waals surface area contributed by atoms with Crippen LogP contribution in [-0.2, 0) is 6.42 Å². The van der Waals surface area contributed by atoms with Crippen molar-refractivity contribution in [1.29, 1.82) is 0 Å². The van der Waals surface area contributed by atoms with Gasteiger partial charge in [-0.15, -0.1) is 0 Å². The summed E-state index contributed by atoms with van der Waals surface area (Å²) in [7, 11) is 0. The van der Waals surface area contributed by atoms with Crippen LogP contribution in [0.4, 0.5) is 5.95 Å². The van der Waals surface area contributed by atoms with Crippen molar-refractivity contribution in [1.82, 2.24) is 19.5 Å². The highest BCUT2D eigenvalue weighted by Gasteiger charge is 2.09. The van der Waals surface area contributed by atoms with Crippen LogP contribution < -0.4 is 5.32 Å². The molecule has 1 N–H and O–H groups in total. The largest absolute Gasteiger partial charge is 0.354 e. The Morgan fingerprint density at radius 1 is 0.839 bits per heavy atom. The zero-order valence-electron chi connectivity index (χ0n) is 17.4. The summed E-state index contributed by atoms with van der Waals surface area (Å²) in [6, 6.07) is 27.2. The van der Waals surface area contributed by atoms with Crippen LogP contribution in [0.15, 0.2) is 91.4 Å². The highest BCUT2D eigenvalue weighted by molar-refractivity contribution is 5.83. The number of benzene rings is 3. The number of nitrogens with zero attached hydrogens (tertiary/aromatic N) is 4. The maximum atomic E-state index is 4.69. The summed E-state index contributed by atoms with van der Waals surface area (Å²) in [6.45, 7) is 2.87. The van der Waals surface area contributed by atoms with E-state index >= 15 is 0 Å². The molecule has 5 nitrogen and oxygen atoms in total. The summed E-state index contributed by atoms with van der Waals surface area (Å²) in [6.07, 6.45) is 4.52. The van der Waals surface area contributed by atoms with Crippen LogP contribution in [0.2, 0.25) is 0 Å². The van der Waals surface area contributed by atoms with E-state index in [9.17, 15) is 0 Å². The average molecular weight is 406 g/mol. The van der Waals surface area contributed by atoms with Crippen molar-refractivity contribution in [3.8, 4) is 16.9 Å². The van der Waals surface area contributed by atoms with E-state index in [0.717, 1.165) is 35.4 Å². The topological polar surface area (TPSA) is 55.6 Å². The van der Waals surface area contributed by atoms with E-state index in [1.54, 1.807) is 6.20 Å². The number of nitrogens with one attached hydrogen (secondary N) is 1. The maximum Gasteiger partial charge on any atom is 0.224 e. The highest BCUT2D eigenvalue weighted by Crippen LogP contribution is 2.25. The number of fused-ring (bicyclic) bond motifs is 1. The molecular formula is C26H23N5. The van der Waals surface area contributed by atoms with Crippen LogP contribution in [0.3, 0.4) is 0 Å². The number of hydrogen-bond acceptors (Lipinski definition) is 4. The Labute approximate surface area is 181 Å². The molecule has 5 aromatic rings. The van der Waals surface area contributed by atoms with Gasteiger partial charge in [0.2, 0.25) is 5.95 Å². The fraction of sp³-hybridized carbons (Fsp3) is 0.115. The quantitative estimate of drug-likeness (QED) is 0.408. The predicted molar refractivity (Wildman–Crippen MR) is 125 cm³/mol. The monoisotopic (exact) mass is 405 g/mol. The van der Waals surface area contributed by atoms with Gasteiger partial charge in [0.1, 0.15) is 12.1 Å². The van der Waals surface area contributed by atoms with E-state index in [0.29, 0.717) is 5.95 Å². The van der Waals surface area contributed by atoms with Gasteiger partial charge in [0.05, 0.1) is 11.0 Å². The van der Waals surface area contributed by atoms with E-state index in [4.69, 9.17) is 0 Å². The molecule has 0 amide bonds. The van der Waals surface area contributed by atoms with E-state index in [-0.39, 0.29) is 0 Å². The number of aryl methyl sites for hydroxylation is 1. The minimum atomic E-state index is 0.617. The summed E-state index contributed by atoms with van der Waals surface area (Å²) in [5.74, 6) is 1.41. The number of rotatable bonds is 6. The number of imidazole rings is 1. The molecule has 0 aliphatic carbocycles. The smallest absolute Gasteiger partial charge is 0.224 e. The standard InChI is InChI=1S/C26H23N5/c1-19-7-9-21(10-8-19)22-11-12-24-23(17-22)29-18-31(24)25-14-16-28-26(30-25)27-15-13-20-5-3-2-4-6-20/h2-12,14,16-18H,13,15H2,1H3,(H,27,28,30). The van der Waals surface area contributed by atoms with Crippen LogP contribution >= 0.6 is 0 Å². The molecule has 2 aromatic heterocycles. The van der Waals surface area contributed by atoms with Crippen molar-refractivity contribution in [2.75, 3.05) is 11.9 Å². The molecule has 0 aliphatic heterocycles. The van der Waals surface area contributed by atoms with Crippen LogP contribution in [0, 0.1) is 6.92 Å². The van der Waals surface area contributed by atoms with Gasteiger partial charge in [-0.3, -0.25) is 4.57 Å². The number of hydrogen-bond donors (Lipinski definition) is 1. The molecule has 0 saturated heterocycles. The molecule has 0 radical (unpaired) electrons. The third-order valence-corrected chi connectivity index (χ3v) is 5.36. The zero-order valence-corrected chi connectivity index (χ0v) is 17.4. The van der Waals surface area contributed by atoms with Crippen molar-refractivity contribution in [2.45, 2.75) is 13.3 Å². The maximum absolute atomic E-state index is 4.69. The third kappa shape index (κ3) is 4.16. The minimum Gasteiger partial charge on any atom is -0.354 e. The predicted octanol–water partition coefficient (Wildman–Crippen LogP) is 5.45. The molecule has 0 saturated carbocycles. The molecule has 0 spiro atoms. The first-order valence-corrected chi connectivity index (χ1v) is 10.4. The Morgan fingerprint density at radius 2 is 1.65 bits per heavy atom. The van der Waals surface area contributed by atoms with Gasteiger partial charge in [0, 0.05) is 12.7 Å². The number of aromatic nitrogens is 4. The SMILES string of the molecule is Cc1ccc(-c2ccc3c(c2)ncn3-c2ccnc(NCCc3ccccc3)n2)cc1. The fourth-order valence-electron chi connectivity index (χ4n) is 3.65. The second-order valence-corrected chi connectivity index (χ2v) is 7.58. The molecule has 0 unspecified atom stereocenters. The Balaban J connectivity index is 1.36. The summed E-state index contributed by atoms with van der Waals surface area (Å²) >= 11 is 0. The third-order valence-electron chi connectivity index (χ3n) is 5.36. The molecule has 31 heavy (non-hydrogen) atoms. The van der Waals surface area contributed by atoms with Crippen molar-refractivity contribution in [3.63, 3.8) is 0 Å². The van der Waals surface area contributed by atoms with Crippen LogP contribution in [0.25, 0.3) is 28.0 Å². The second-order valence-electron chi connectivity index (χ2n) is 7.58. The molecular weight excluding hydrogens is 382 g/mol. The molecule has 2 heterocycles. The van der Waals surface area contributed by atoms with Gasteiger partial charge in [-0.2, -0.15) is 4.98 Å². The van der Waals surface area contributed by atoms with Crippen LogP contribution in [0.1, 0.15) is 11.1 Å². The lowest BCUT2D eigenvalue weighted by Crippen LogP contribution is -2.09. The second kappa shape index (κ2) is 8.40. The zero-order chi connectivity index (χ0) is 21.0. The van der Waals surface area contributed by atoms with Gasteiger partial charge in [0.25, 0.3) is 0 Å². The molecule has 152 valence electrons. The highest BCUT2D eigenvalue weighted by atomic mass is 15.2. The van der Waals surface area contributed by atoms with Gasteiger partial charge in [0.15, 0.2) is 0 Å². The van der Waals surface area contributed by atoms with Gasteiger partial charge < -0.3 is 5.32 Å².